The third kappa shape index (κ3) is 1.80. The molecule has 74 valence electrons. The molecule has 5 nitrogen and oxygen atoms in total. The van der Waals surface area contributed by atoms with E-state index >= 15 is 0 Å². The summed E-state index contributed by atoms with van der Waals surface area (Å²) in [7, 11) is 1.25. The number of carbonyl (C=O) groups is 2. The smallest absolute Gasteiger partial charge is 0.325 e. The van der Waals surface area contributed by atoms with Crippen LogP contribution >= 0.6 is 0 Å². The Morgan fingerprint density at radius 3 is 2.62 bits per heavy atom. The zero-order chi connectivity index (χ0) is 10.1. The van der Waals surface area contributed by atoms with Gasteiger partial charge in [-0.3, -0.25) is 9.59 Å². The van der Waals surface area contributed by atoms with E-state index in [9.17, 15) is 9.59 Å². The van der Waals surface area contributed by atoms with Gasteiger partial charge in [0.25, 0.3) is 0 Å². The van der Waals surface area contributed by atoms with Crippen molar-refractivity contribution in [2.75, 3.05) is 7.11 Å². The van der Waals surface area contributed by atoms with E-state index in [0.717, 1.165) is 0 Å². The van der Waals surface area contributed by atoms with Crippen molar-refractivity contribution in [2.24, 2.45) is 11.7 Å². The molecule has 1 fully saturated rings. The second kappa shape index (κ2) is 3.33. The van der Waals surface area contributed by atoms with Crippen LogP contribution < -0.4 is 5.73 Å². The predicted octanol–water partition coefficient (Wildman–Crippen LogP) is -0.258. The normalized spacial score (nSPS) is 32.9. The maximum atomic E-state index is 11.2. The maximum absolute atomic E-state index is 11.2. The van der Waals surface area contributed by atoms with Gasteiger partial charge in [-0.05, 0) is 19.3 Å². The lowest BCUT2D eigenvalue weighted by molar-refractivity contribution is -0.147. The summed E-state index contributed by atoms with van der Waals surface area (Å²) in [5.41, 5.74) is 4.62. The molecule has 0 radical (unpaired) electrons. The Kier molecular flexibility index (Phi) is 2.56. The summed E-state index contributed by atoms with van der Waals surface area (Å²) in [6.45, 7) is 0. The first kappa shape index (κ1) is 9.98. The molecule has 0 aromatic carbocycles. The zero-order valence-corrected chi connectivity index (χ0v) is 7.45. The summed E-state index contributed by atoms with van der Waals surface area (Å²) < 4.78 is 4.51. The number of carboxylic acid groups (broad SMARTS) is 1. The molecule has 3 N–H and O–H groups in total. The van der Waals surface area contributed by atoms with Gasteiger partial charge >= 0.3 is 11.9 Å². The van der Waals surface area contributed by atoms with Gasteiger partial charge in [-0.2, -0.15) is 0 Å². The van der Waals surface area contributed by atoms with Gasteiger partial charge in [0, 0.05) is 0 Å². The molecule has 0 heterocycles. The molecule has 1 aliphatic carbocycles. The molecule has 2 unspecified atom stereocenters. The molecule has 2 atom stereocenters. The van der Waals surface area contributed by atoms with Crippen molar-refractivity contribution >= 4 is 11.9 Å². The molecule has 0 aromatic rings. The number of hydrogen-bond acceptors (Lipinski definition) is 4. The van der Waals surface area contributed by atoms with Crippen molar-refractivity contribution in [1.82, 2.24) is 0 Å². The fraction of sp³-hybridized carbons (Fsp3) is 0.750. The Balaban J connectivity index is 2.66. The van der Waals surface area contributed by atoms with Gasteiger partial charge in [0.05, 0.1) is 13.0 Å². The number of rotatable bonds is 2. The standard InChI is InChI=1S/C8H13NO4/c1-13-7(12)8(9)3-2-5(4-8)6(10)11/h5H,2-4,9H2,1H3,(H,10,11). The summed E-state index contributed by atoms with van der Waals surface area (Å²) in [5.74, 6) is -1.92. The van der Waals surface area contributed by atoms with Crippen LogP contribution in [-0.2, 0) is 14.3 Å². The molecule has 0 spiro atoms. The molecule has 0 saturated heterocycles. The van der Waals surface area contributed by atoms with Crippen molar-refractivity contribution in [3.63, 3.8) is 0 Å². The van der Waals surface area contributed by atoms with E-state index in [4.69, 9.17) is 10.8 Å². The molecule has 13 heavy (non-hydrogen) atoms. The van der Waals surface area contributed by atoms with E-state index < -0.39 is 23.4 Å². The quantitative estimate of drug-likeness (QED) is 0.581. The van der Waals surface area contributed by atoms with Gasteiger partial charge in [-0.1, -0.05) is 0 Å². The van der Waals surface area contributed by atoms with Crippen molar-refractivity contribution in [3.05, 3.63) is 0 Å². The lowest BCUT2D eigenvalue weighted by Crippen LogP contribution is -2.46. The highest BCUT2D eigenvalue weighted by Gasteiger charge is 2.45. The topological polar surface area (TPSA) is 89.6 Å². The SMILES string of the molecule is COC(=O)C1(N)CCC(C(=O)O)C1. The Morgan fingerprint density at radius 1 is 1.62 bits per heavy atom. The van der Waals surface area contributed by atoms with Crippen LogP contribution in [0.4, 0.5) is 0 Å². The Morgan fingerprint density at radius 2 is 2.23 bits per heavy atom. The van der Waals surface area contributed by atoms with Gasteiger partial charge < -0.3 is 15.6 Å². The first-order valence-electron chi connectivity index (χ1n) is 4.10. The molecule has 0 bridgehead atoms. The van der Waals surface area contributed by atoms with Crippen LogP contribution in [0.1, 0.15) is 19.3 Å². The second-order valence-electron chi connectivity index (χ2n) is 3.43. The Bertz CT molecular complexity index is 240. The largest absolute Gasteiger partial charge is 0.481 e. The Hall–Kier alpha value is -1.10. The maximum Gasteiger partial charge on any atom is 0.325 e. The highest BCUT2D eigenvalue weighted by molar-refractivity contribution is 5.83. The van der Waals surface area contributed by atoms with E-state index in [1.54, 1.807) is 0 Å². The van der Waals surface area contributed by atoms with Gasteiger partial charge in [-0.25, -0.2) is 0 Å². The summed E-state index contributed by atoms with van der Waals surface area (Å²) in [6, 6.07) is 0. The first-order valence-corrected chi connectivity index (χ1v) is 4.10. The van der Waals surface area contributed by atoms with Gasteiger partial charge in [-0.15, -0.1) is 0 Å². The predicted molar refractivity (Wildman–Crippen MR) is 43.9 cm³/mol. The van der Waals surface area contributed by atoms with Gasteiger partial charge in [0.15, 0.2) is 0 Å². The van der Waals surface area contributed by atoms with Crippen molar-refractivity contribution in [3.8, 4) is 0 Å². The summed E-state index contributed by atoms with van der Waals surface area (Å²) in [5, 5.41) is 8.69. The lowest BCUT2D eigenvalue weighted by Gasteiger charge is -2.19. The molecule has 0 aromatic heterocycles. The number of hydrogen-bond donors (Lipinski definition) is 2. The highest BCUT2D eigenvalue weighted by Crippen LogP contribution is 2.33. The van der Waals surface area contributed by atoms with Crippen LogP contribution in [0.5, 0.6) is 0 Å². The molecule has 1 aliphatic rings. The Labute approximate surface area is 75.9 Å². The third-order valence-electron chi connectivity index (χ3n) is 2.49. The summed E-state index contributed by atoms with van der Waals surface area (Å²) >= 11 is 0. The minimum Gasteiger partial charge on any atom is -0.481 e. The van der Waals surface area contributed by atoms with E-state index in [2.05, 4.69) is 4.74 Å². The molecule has 1 rings (SSSR count). The van der Waals surface area contributed by atoms with Crippen molar-refractivity contribution in [2.45, 2.75) is 24.8 Å². The molecule has 0 aliphatic heterocycles. The lowest BCUT2D eigenvalue weighted by atomic mass is 9.97. The molecule has 5 heteroatoms. The zero-order valence-electron chi connectivity index (χ0n) is 7.45. The molecule has 1 saturated carbocycles. The number of esters is 1. The minimum absolute atomic E-state index is 0.176. The average molecular weight is 187 g/mol. The number of carbonyl (C=O) groups excluding carboxylic acids is 1. The number of ether oxygens (including phenoxy) is 1. The second-order valence-corrected chi connectivity index (χ2v) is 3.43. The average Bonchev–Trinajstić information content (AvgIpc) is 2.48. The highest BCUT2D eigenvalue weighted by atomic mass is 16.5. The fourth-order valence-electron chi connectivity index (χ4n) is 1.68. The monoisotopic (exact) mass is 187 g/mol. The molecule has 0 amide bonds. The van der Waals surface area contributed by atoms with Crippen LogP contribution in [0.15, 0.2) is 0 Å². The summed E-state index contributed by atoms with van der Waals surface area (Å²) in [4.78, 5) is 21.8. The number of nitrogens with two attached hydrogens (primary N) is 1. The minimum atomic E-state index is -1.09. The van der Waals surface area contributed by atoms with Crippen LogP contribution in [0.25, 0.3) is 0 Å². The van der Waals surface area contributed by atoms with Crippen LogP contribution in [0.3, 0.4) is 0 Å². The number of methoxy groups -OCH3 is 1. The van der Waals surface area contributed by atoms with E-state index in [1.165, 1.54) is 7.11 Å². The number of carboxylic acids is 1. The van der Waals surface area contributed by atoms with Crippen LogP contribution in [0.2, 0.25) is 0 Å². The number of aliphatic carboxylic acids is 1. The van der Waals surface area contributed by atoms with Crippen LogP contribution in [-0.4, -0.2) is 29.7 Å². The van der Waals surface area contributed by atoms with Gasteiger partial charge in [0.1, 0.15) is 5.54 Å². The van der Waals surface area contributed by atoms with E-state index in [-0.39, 0.29) is 6.42 Å². The molecular formula is C8H13NO4. The fourth-order valence-corrected chi connectivity index (χ4v) is 1.68. The van der Waals surface area contributed by atoms with Gasteiger partial charge in [0.2, 0.25) is 0 Å². The van der Waals surface area contributed by atoms with Crippen molar-refractivity contribution in [1.29, 1.82) is 0 Å². The third-order valence-corrected chi connectivity index (χ3v) is 2.49. The molecular weight excluding hydrogens is 174 g/mol. The van der Waals surface area contributed by atoms with Crippen molar-refractivity contribution < 1.29 is 19.4 Å². The van der Waals surface area contributed by atoms with Crippen LogP contribution in [0, 0.1) is 5.92 Å². The van der Waals surface area contributed by atoms with E-state index in [0.29, 0.717) is 12.8 Å². The first-order chi connectivity index (χ1) is 5.99. The summed E-state index contributed by atoms with van der Waals surface area (Å²) in [6.07, 6.45) is 1.01. The van der Waals surface area contributed by atoms with E-state index in [1.807, 2.05) is 0 Å².